The van der Waals surface area contributed by atoms with Gasteiger partial charge in [0.25, 0.3) is 0 Å². The normalized spacial score (nSPS) is 16.7. The summed E-state index contributed by atoms with van der Waals surface area (Å²) in [6.45, 7) is 6.60. The number of fused-ring (bicyclic) bond motifs is 1. The summed E-state index contributed by atoms with van der Waals surface area (Å²) in [7, 11) is 5.53. The molecule has 0 unspecified atom stereocenters. The summed E-state index contributed by atoms with van der Waals surface area (Å²) in [5.74, 6) is 4.01. The first kappa shape index (κ1) is 22.6. The Morgan fingerprint density at radius 3 is 2.40 bits per heavy atom. The summed E-state index contributed by atoms with van der Waals surface area (Å²) < 4.78 is 24.4. The molecule has 0 aliphatic heterocycles. The fourth-order valence-electron chi connectivity index (χ4n) is 4.68. The molecule has 2 aromatic carbocycles. The summed E-state index contributed by atoms with van der Waals surface area (Å²) in [4.78, 5) is 2.40. The molecular weight excluding hydrogens is 377 g/mol. The molecule has 0 saturated carbocycles. The van der Waals surface area contributed by atoms with Crippen LogP contribution in [0.2, 0.25) is 0 Å². The van der Waals surface area contributed by atoms with Gasteiger partial charge in [0, 0.05) is 6.54 Å². The lowest BCUT2D eigenvalue weighted by Gasteiger charge is -2.37. The first-order valence-electron chi connectivity index (χ1n) is 10.9. The predicted octanol–water partition coefficient (Wildman–Crippen LogP) is 5.67. The molecule has 0 bridgehead atoms. The molecule has 163 valence electrons. The van der Waals surface area contributed by atoms with E-state index in [-0.39, 0.29) is 5.82 Å². The number of halogens is 1. The average molecular weight is 413 g/mol. The molecular formula is C26H35FNO2. The lowest BCUT2D eigenvalue weighted by molar-refractivity contribution is 0.318. The molecule has 30 heavy (non-hydrogen) atoms. The zero-order valence-corrected chi connectivity index (χ0v) is 19.0. The van der Waals surface area contributed by atoms with Crippen molar-refractivity contribution in [1.82, 2.24) is 4.90 Å². The highest BCUT2D eigenvalue weighted by Crippen LogP contribution is 2.44. The van der Waals surface area contributed by atoms with Crippen molar-refractivity contribution in [3.05, 3.63) is 64.8 Å². The number of ether oxygens (including phenoxy) is 2. The zero-order chi connectivity index (χ0) is 21.7. The van der Waals surface area contributed by atoms with Gasteiger partial charge in [0.2, 0.25) is 0 Å². The Balaban J connectivity index is 1.56. The van der Waals surface area contributed by atoms with Gasteiger partial charge < -0.3 is 14.4 Å². The van der Waals surface area contributed by atoms with Gasteiger partial charge in [0.1, 0.15) is 5.82 Å². The first-order chi connectivity index (χ1) is 14.4. The molecule has 1 aliphatic rings. The van der Waals surface area contributed by atoms with Crippen LogP contribution in [-0.2, 0) is 12.8 Å². The predicted molar refractivity (Wildman–Crippen MR) is 121 cm³/mol. The Bertz CT molecular complexity index is 836. The third kappa shape index (κ3) is 5.34. The summed E-state index contributed by atoms with van der Waals surface area (Å²) in [5, 5.41) is 0. The largest absolute Gasteiger partial charge is 0.493 e. The van der Waals surface area contributed by atoms with E-state index in [1.165, 1.54) is 16.7 Å². The highest BCUT2D eigenvalue weighted by atomic mass is 19.1. The molecule has 0 amide bonds. The van der Waals surface area contributed by atoms with E-state index in [9.17, 15) is 4.39 Å². The number of nitrogens with zero attached hydrogens (tertiary/aromatic N) is 1. The molecule has 1 aliphatic carbocycles. The van der Waals surface area contributed by atoms with Crippen molar-refractivity contribution in [3.63, 3.8) is 0 Å². The number of hydrogen-bond donors (Lipinski definition) is 0. The van der Waals surface area contributed by atoms with Gasteiger partial charge in [-0.2, -0.15) is 0 Å². The number of hydrogen-bond acceptors (Lipinski definition) is 3. The van der Waals surface area contributed by atoms with Gasteiger partial charge in [-0.15, -0.1) is 0 Å². The van der Waals surface area contributed by atoms with Crippen LogP contribution in [-0.4, -0.2) is 39.3 Å². The molecule has 0 N–H and O–H groups in total. The fraction of sp³-hybridized carbons (Fsp3) is 0.500. The van der Waals surface area contributed by atoms with Gasteiger partial charge >= 0.3 is 0 Å². The number of aryl methyl sites for hydroxylation is 1. The van der Waals surface area contributed by atoms with Gasteiger partial charge in [-0.1, -0.05) is 26.0 Å². The van der Waals surface area contributed by atoms with Crippen molar-refractivity contribution in [1.29, 1.82) is 0 Å². The highest BCUT2D eigenvalue weighted by molar-refractivity contribution is 5.43. The summed E-state index contributed by atoms with van der Waals surface area (Å²) in [6, 6.07) is 11.5. The first-order valence-corrected chi connectivity index (χ1v) is 10.9. The molecule has 0 saturated heterocycles. The molecule has 0 aromatic heterocycles. The van der Waals surface area contributed by atoms with Crippen LogP contribution >= 0.6 is 0 Å². The molecule has 1 atom stereocenters. The quantitative estimate of drug-likeness (QED) is 0.530. The van der Waals surface area contributed by atoms with E-state index < -0.39 is 0 Å². The lowest BCUT2D eigenvalue weighted by atomic mass is 9.69. The van der Waals surface area contributed by atoms with Crippen LogP contribution in [0.4, 0.5) is 4.39 Å². The minimum Gasteiger partial charge on any atom is -0.493 e. The molecule has 1 radical (unpaired) electrons. The number of benzene rings is 2. The third-order valence-corrected chi connectivity index (χ3v) is 6.31. The standard InChI is InChI=1S/C26H35FNO2/c1-18(2)26-20(7-8-21-17-22(27)9-10-23(21)26)13-15-28(3)14-12-19-6-11-24(29-4)25(16-19)30-5/h6,9-11,16-18,26H,7-8,12-15H2,1-5H3/t26-/m1/s1. The van der Waals surface area contributed by atoms with Crippen LogP contribution in [0.15, 0.2) is 36.4 Å². The molecule has 2 aromatic rings. The molecule has 3 rings (SSSR count). The van der Waals surface area contributed by atoms with Gasteiger partial charge in [0.05, 0.1) is 14.2 Å². The third-order valence-electron chi connectivity index (χ3n) is 6.31. The number of likely N-dealkylation sites (N-methyl/N-ethyl adjacent to an activating group) is 1. The van der Waals surface area contributed by atoms with Crippen LogP contribution in [0.3, 0.4) is 0 Å². The van der Waals surface area contributed by atoms with E-state index in [0.29, 0.717) is 11.8 Å². The van der Waals surface area contributed by atoms with Crippen molar-refractivity contribution in [2.24, 2.45) is 5.92 Å². The van der Waals surface area contributed by atoms with E-state index in [4.69, 9.17) is 9.47 Å². The Morgan fingerprint density at radius 1 is 0.967 bits per heavy atom. The minimum absolute atomic E-state index is 0.116. The number of rotatable bonds is 9. The lowest BCUT2D eigenvalue weighted by Crippen LogP contribution is -2.29. The summed E-state index contributed by atoms with van der Waals surface area (Å²) in [5.41, 5.74) is 3.78. The van der Waals surface area contributed by atoms with E-state index in [2.05, 4.69) is 37.9 Å². The molecule has 0 fully saturated rings. The smallest absolute Gasteiger partial charge is 0.160 e. The summed E-state index contributed by atoms with van der Waals surface area (Å²) in [6.07, 6.45) is 4.10. The van der Waals surface area contributed by atoms with Crippen LogP contribution in [0.25, 0.3) is 0 Å². The van der Waals surface area contributed by atoms with Crippen LogP contribution in [0.5, 0.6) is 11.5 Å². The second-order valence-electron chi connectivity index (χ2n) is 8.72. The van der Waals surface area contributed by atoms with Gasteiger partial charge in [0.15, 0.2) is 11.5 Å². The van der Waals surface area contributed by atoms with Gasteiger partial charge in [-0.3, -0.25) is 0 Å². The Kier molecular flexibility index (Phi) is 7.76. The molecule has 0 heterocycles. The molecule has 4 heteroatoms. The number of methoxy groups -OCH3 is 2. The minimum atomic E-state index is -0.116. The maximum absolute atomic E-state index is 13.7. The van der Waals surface area contributed by atoms with Crippen molar-refractivity contribution < 1.29 is 13.9 Å². The van der Waals surface area contributed by atoms with E-state index >= 15 is 0 Å². The second kappa shape index (κ2) is 10.3. The fourth-order valence-corrected chi connectivity index (χ4v) is 4.68. The Hall–Kier alpha value is -2.07. The monoisotopic (exact) mass is 412 g/mol. The SMILES string of the molecule is COc1ccc(CCN(C)CC[C]2CCc3cc(F)ccc3[C@@H]2C(C)C)cc1OC. The summed E-state index contributed by atoms with van der Waals surface area (Å²) >= 11 is 0. The van der Waals surface area contributed by atoms with Gasteiger partial charge in [-0.25, -0.2) is 4.39 Å². The molecule has 3 nitrogen and oxygen atoms in total. The van der Waals surface area contributed by atoms with Crippen molar-refractivity contribution in [2.75, 3.05) is 34.4 Å². The van der Waals surface area contributed by atoms with Crippen LogP contribution < -0.4 is 9.47 Å². The van der Waals surface area contributed by atoms with Crippen molar-refractivity contribution in [3.8, 4) is 11.5 Å². The van der Waals surface area contributed by atoms with Crippen LogP contribution in [0.1, 0.15) is 49.3 Å². The van der Waals surface area contributed by atoms with Crippen LogP contribution in [0, 0.1) is 17.7 Å². The van der Waals surface area contributed by atoms with E-state index in [1.54, 1.807) is 32.3 Å². The van der Waals surface area contributed by atoms with Crippen molar-refractivity contribution >= 4 is 0 Å². The topological polar surface area (TPSA) is 21.7 Å². The van der Waals surface area contributed by atoms with E-state index in [1.807, 2.05) is 12.1 Å². The average Bonchev–Trinajstić information content (AvgIpc) is 2.75. The molecule has 0 spiro atoms. The van der Waals surface area contributed by atoms with Crippen molar-refractivity contribution in [2.45, 2.75) is 45.4 Å². The zero-order valence-electron chi connectivity index (χ0n) is 19.0. The Labute approximate surface area is 181 Å². The maximum atomic E-state index is 13.7. The maximum Gasteiger partial charge on any atom is 0.160 e. The second-order valence-corrected chi connectivity index (χ2v) is 8.72. The Morgan fingerprint density at radius 2 is 1.70 bits per heavy atom. The van der Waals surface area contributed by atoms with Gasteiger partial charge in [-0.05, 0) is 98.0 Å². The van der Waals surface area contributed by atoms with E-state index in [0.717, 1.165) is 50.3 Å². The highest BCUT2D eigenvalue weighted by Gasteiger charge is 2.32.